The van der Waals surface area contributed by atoms with Crippen LogP contribution in [-0.2, 0) is 0 Å². The highest BCUT2D eigenvalue weighted by Gasteiger charge is 2.38. The van der Waals surface area contributed by atoms with Gasteiger partial charge in [-0.3, -0.25) is 0 Å². The molecule has 0 aromatic rings. The summed E-state index contributed by atoms with van der Waals surface area (Å²) in [5.74, 6) is 2.68. The van der Waals surface area contributed by atoms with E-state index < -0.39 is 0 Å². The van der Waals surface area contributed by atoms with Crippen molar-refractivity contribution in [3.8, 4) is 0 Å². The van der Waals surface area contributed by atoms with Crippen molar-refractivity contribution in [1.29, 1.82) is 0 Å². The first-order valence-electron chi connectivity index (χ1n) is 6.39. The van der Waals surface area contributed by atoms with Crippen LogP contribution in [0.5, 0.6) is 0 Å². The molecule has 0 bridgehead atoms. The van der Waals surface area contributed by atoms with E-state index in [2.05, 4.69) is 18.2 Å². The average molecular weight is 204 g/mol. The van der Waals surface area contributed by atoms with Crippen LogP contribution in [0.15, 0.2) is 23.8 Å². The van der Waals surface area contributed by atoms with Gasteiger partial charge < -0.3 is 5.11 Å². The van der Waals surface area contributed by atoms with Crippen molar-refractivity contribution < 1.29 is 5.11 Å². The Morgan fingerprint density at radius 1 is 1.13 bits per heavy atom. The van der Waals surface area contributed by atoms with Gasteiger partial charge in [-0.2, -0.15) is 0 Å². The standard InChI is InChI=1S/C14H20O/c15-9-11-8-7-10-3-1-4-12(10)14-6-2-5-13(11)14/h6-8,10-13,15H,1-5,9H2/t10-,11?,12-,13?/m1/s1. The topological polar surface area (TPSA) is 20.2 Å². The molecule has 1 saturated carbocycles. The van der Waals surface area contributed by atoms with Gasteiger partial charge in [0.25, 0.3) is 0 Å². The summed E-state index contributed by atoms with van der Waals surface area (Å²) in [6.07, 6.45) is 13.8. The van der Waals surface area contributed by atoms with E-state index in [1.807, 2.05) is 0 Å². The second-order valence-corrected chi connectivity index (χ2v) is 5.32. The number of hydrogen-bond donors (Lipinski definition) is 1. The van der Waals surface area contributed by atoms with Gasteiger partial charge in [0.15, 0.2) is 0 Å². The molecule has 0 spiro atoms. The van der Waals surface area contributed by atoms with E-state index >= 15 is 0 Å². The van der Waals surface area contributed by atoms with Gasteiger partial charge in [-0.25, -0.2) is 0 Å². The van der Waals surface area contributed by atoms with Crippen molar-refractivity contribution in [3.63, 3.8) is 0 Å². The molecule has 0 amide bonds. The Hall–Kier alpha value is -0.560. The van der Waals surface area contributed by atoms with E-state index in [0.29, 0.717) is 18.4 Å². The molecule has 3 aliphatic carbocycles. The molecule has 0 aromatic heterocycles. The molecule has 0 radical (unpaired) electrons. The number of allylic oxidation sites excluding steroid dienone is 3. The van der Waals surface area contributed by atoms with E-state index in [0.717, 1.165) is 11.8 Å². The molecule has 1 N–H and O–H groups in total. The maximum absolute atomic E-state index is 9.45. The molecular weight excluding hydrogens is 184 g/mol. The molecule has 1 heteroatoms. The summed E-state index contributed by atoms with van der Waals surface area (Å²) in [5, 5.41) is 9.45. The first-order valence-corrected chi connectivity index (χ1v) is 6.39. The van der Waals surface area contributed by atoms with Crippen LogP contribution in [0.3, 0.4) is 0 Å². The molecule has 4 atom stereocenters. The van der Waals surface area contributed by atoms with E-state index in [-0.39, 0.29) is 0 Å². The fraction of sp³-hybridized carbons (Fsp3) is 0.714. The lowest BCUT2D eigenvalue weighted by atomic mass is 9.81. The van der Waals surface area contributed by atoms with Gasteiger partial charge in [0.2, 0.25) is 0 Å². The normalized spacial score (nSPS) is 43.4. The molecule has 1 fully saturated rings. The number of aliphatic hydroxyl groups excluding tert-OH is 1. The van der Waals surface area contributed by atoms with Crippen LogP contribution in [-0.4, -0.2) is 11.7 Å². The molecule has 82 valence electrons. The Bertz CT molecular complexity index is 302. The highest BCUT2D eigenvalue weighted by atomic mass is 16.3. The summed E-state index contributed by atoms with van der Waals surface area (Å²) in [4.78, 5) is 0. The highest BCUT2D eigenvalue weighted by molar-refractivity contribution is 5.25. The Balaban J connectivity index is 1.94. The van der Waals surface area contributed by atoms with Gasteiger partial charge in [-0.05, 0) is 43.4 Å². The highest BCUT2D eigenvalue weighted by Crippen LogP contribution is 2.48. The van der Waals surface area contributed by atoms with Crippen LogP contribution in [0, 0.1) is 23.7 Å². The van der Waals surface area contributed by atoms with Crippen LogP contribution in [0.2, 0.25) is 0 Å². The molecule has 0 saturated heterocycles. The minimum atomic E-state index is 0.331. The number of rotatable bonds is 1. The van der Waals surface area contributed by atoms with Crippen LogP contribution >= 0.6 is 0 Å². The average Bonchev–Trinajstić information content (AvgIpc) is 2.85. The minimum Gasteiger partial charge on any atom is -0.396 e. The smallest absolute Gasteiger partial charge is 0.0499 e. The SMILES string of the molecule is OCC1C=C[C@H]2CCC[C@H]2C2=CCCC21. The quantitative estimate of drug-likeness (QED) is 0.651. The van der Waals surface area contributed by atoms with Crippen molar-refractivity contribution >= 4 is 0 Å². The molecule has 0 aromatic carbocycles. The van der Waals surface area contributed by atoms with Crippen molar-refractivity contribution in [2.45, 2.75) is 32.1 Å². The predicted molar refractivity (Wildman–Crippen MR) is 61.4 cm³/mol. The molecule has 0 aliphatic heterocycles. The monoisotopic (exact) mass is 204 g/mol. The predicted octanol–water partition coefficient (Wildman–Crippen LogP) is 2.92. The van der Waals surface area contributed by atoms with E-state index in [9.17, 15) is 5.11 Å². The second kappa shape index (κ2) is 3.79. The zero-order valence-corrected chi connectivity index (χ0v) is 9.23. The third kappa shape index (κ3) is 1.48. The van der Waals surface area contributed by atoms with Crippen LogP contribution in [0.1, 0.15) is 32.1 Å². The molecule has 3 rings (SSSR count). The van der Waals surface area contributed by atoms with Gasteiger partial charge in [-0.1, -0.05) is 30.2 Å². The molecule has 3 aliphatic rings. The van der Waals surface area contributed by atoms with Gasteiger partial charge >= 0.3 is 0 Å². The van der Waals surface area contributed by atoms with E-state index in [1.54, 1.807) is 5.57 Å². The van der Waals surface area contributed by atoms with Gasteiger partial charge in [0.1, 0.15) is 0 Å². The molecule has 15 heavy (non-hydrogen) atoms. The number of aliphatic hydroxyl groups is 1. The summed E-state index contributed by atoms with van der Waals surface area (Å²) in [6, 6.07) is 0. The maximum Gasteiger partial charge on any atom is 0.0499 e. The summed E-state index contributed by atoms with van der Waals surface area (Å²) in [6.45, 7) is 0.331. The molecule has 2 unspecified atom stereocenters. The van der Waals surface area contributed by atoms with Crippen molar-refractivity contribution in [2.75, 3.05) is 6.61 Å². The molecule has 0 heterocycles. The van der Waals surface area contributed by atoms with Crippen molar-refractivity contribution in [3.05, 3.63) is 23.8 Å². The minimum absolute atomic E-state index is 0.331. The largest absolute Gasteiger partial charge is 0.396 e. The summed E-state index contributed by atoms with van der Waals surface area (Å²) in [5.41, 5.74) is 1.70. The Kier molecular flexibility index (Phi) is 2.44. The van der Waals surface area contributed by atoms with Crippen molar-refractivity contribution in [2.24, 2.45) is 23.7 Å². The maximum atomic E-state index is 9.45. The fourth-order valence-electron chi connectivity index (χ4n) is 3.88. The van der Waals surface area contributed by atoms with E-state index in [4.69, 9.17) is 0 Å². The Morgan fingerprint density at radius 3 is 2.93 bits per heavy atom. The fourth-order valence-corrected chi connectivity index (χ4v) is 3.88. The zero-order chi connectivity index (χ0) is 10.3. The Morgan fingerprint density at radius 2 is 2.07 bits per heavy atom. The van der Waals surface area contributed by atoms with Gasteiger partial charge in [-0.15, -0.1) is 0 Å². The third-order valence-corrected chi connectivity index (χ3v) is 4.62. The van der Waals surface area contributed by atoms with E-state index in [1.165, 1.54) is 32.1 Å². The zero-order valence-electron chi connectivity index (χ0n) is 9.23. The van der Waals surface area contributed by atoms with Crippen LogP contribution in [0.25, 0.3) is 0 Å². The van der Waals surface area contributed by atoms with Gasteiger partial charge in [0, 0.05) is 12.5 Å². The summed E-state index contributed by atoms with van der Waals surface area (Å²) < 4.78 is 0. The summed E-state index contributed by atoms with van der Waals surface area (Å²) >= 11 is 0. The van der Waals surface area contributed by atoms with Crippen LogP contribution in [0.4, 0.5) is 0 Å². The first-order chi connectivity index (χ1) is 7.40. The summed E-state index contributed by atoms with van der Waals surface area (Å²) in [7, 11) is 0. The molecule has 1 nitrogen and oxygen atoms in total. The van der Waals surface area contributed by atoms with Gasteiger partial charge in [0.05, 0.1) is 0 Å². The number of fused-ring (bicyclic) bond motifs is 3. The van der Waals surface area contributed by atoms with Crippen molar-refractivity contribution in [1.82, 2.24) is 0 Å². The molecular formula is C14H20O. The Labute approximate surface area is 91.9 Å². The lowest BCUT2D eigenvalue weighted by Gasteiger charge is -2.24. The third-order valence-electron chi connectivity index (χ3n) is 4.62. The second-order valence-electron chi connectivity index (χ2n) is 5.32. The van der Waals surface area contributed by atoms with Crippen LogP contribution < -0.4 is 0 Å². The number of hydrogen-bond acceptors (Lipinski definition) is 1. The first kappa shape index (κ1) is 9.65. The lowest BCUT2D eigenvalue weighted by Crippen LogP contribution is -2.18. The lowest BCUT2D eigenvalue weighted by molar-refractivity contribution is 0.217.